The highest BCUT2D eigenvalue weighted by Gasteiger charge is 2.43. The van der Waals surface area contributed by atoms with Crippen LogP contribution in [0.5, 0.6) is 0 Å². The van der Waals surface area contributed by atoms with E-state index in [0.29, 0.717) is 6.10 Å². The molecule has 0 amide bonds. The van der Waals surface area contributed by atoms with Gasteiger partial charge in [0, 0.05) is 26.1 Å². The Morgan fingerprint density at radius 3 is 2.86 bits per heavy atom. The standard InChI is InChI=1S/C17H25NO3/c1-2-15(19-9-1)11-18-7-5-17(6-8-18)10-16(13-21-17)20-12-14-3-4-14/h1-2,9,14,16H,3-8,10-13H2/t16-/m1/s1. The minimum atomic E-state index is 0.0912. The Balaban J connectivity index is 1.24. The Bertz CT molecular complexity index is 447. The third-order valence-electron chi connectivity index (χ3n) is 5.17. The van der Waals surface area contributed by atoms with Crippen molar-refractivity contribution in [2.24, 2.45) is 5.92 Å². The molecule has 2 saturated heterocycles. The Morgan fingerprint density at radius 1 is 1.29 bits per heavy atom. The molecule has 3 fully saturated rings. The zero-order valence-electron chi connectivity index (χ0n) is 12.6. The topological polar surface area (TPSA) is 34.8 Å². The third kappa shape index (κ3) is 3.33. The Kier molecular flexibility index (Phi) is 3.78. The van der Waals surface area contributed by atoms with Crippen molar-refractivity contribution in [3.63, 3.8) is 0 Å². The van der Waals surface area contributed by atoms with E-state index < -0.39 is 0 Å². The van der Waals surface area contributed by atoms with Gasteiger partial charge in [0.1, 0.15) is 5.76 Å². The van der Waals surface area contributed by atoms with E-state index in [-0.39, 0.29) is 5.60 Å². The largest absolute Gasteiger partial charge is 0.468 e. The molecule has 21 heavy (non-hydrogen) atoms. The van der Waals surface area contributed by atoms with Crippen molar-refractivity contribution < 1.29 is 13.9 Å². The average molecular weight is 291 g/mol. The molecular weight excluding hydrogens is 266 g/mol. The maximum atomic E-state index is 6.16. The van der Waals surface area contributed by atoms with Gasteiger partial charge in [-0.3, -0.25) is 4.90 Å². The van der Waals surface area contributed by atoms with Crippen LogP contribution in [0, 0.1) is 5.92 Å². The fraction of sp³-hybridized carbons (Fsp3) is 0.765. The Labute approximate surface area is 126 Å². The van der Waals surface area contributed by atoms with Crippen LogP contribution in [0.2, 0.25) is 0 Å². The molecule has 0 unspecified atom stereocenters. The summed E-state index contributed by atoms with van der Waals surface area (Å²) in [6, 6.07) is 4.01. The van der Waals surface area contributed by atoms with Gasteiger partial charge in [-0.2, -0.15) is 0 Å². The van der Waals surface area contributed by atoms with E-state index in [0.717, 1.165) is 63.8 Å². The minimum absolute atomic E-state index is 0.0912. The van der Waals surface area contributed by atoms with Crippen LogP contribution in [-0.2, 0) is 16.0 Å². The van der Waals surface area contributed by atoms with Gasteiger partial charge < -0.3 is 13.9 Å². The van der Waals surface area contributed by atoms with E-state index in [2.05, 4.69) is 11.0 Å². The maximum absolute atomic E-state index is 6.16. The number of piperidine rings is 1. The fourth-order valence-corrected chi connectivity index (χ4v) is 3.56. The molecule has 4 rings (SSSR count). The lowest BCUT2D eigenvalue weighted by atomic mass is 9.88. The molecule has 3 aliphatic rings. The quantitative estimate of drug-likeness (QED) is 0.835. The molecule has 0 N–H and O–H groups in total. The van der Waals surface area contributed by atoms with Crippen molar-refractivity contribution in [2.75, 3.05) is 26.3 Å². The normalized spacial score (nSPS) is 29.2. The second-order valence-electron chi connectivity index (χ2n) is 6.95. The molecule has 3 heterocycles. The molecule has 0 bridgehead atoms. The summed E-state index contributed by atoms with van der Waals surface area (Å²) in [6.45, 7) is 4.86. The molecule has 0 aromatic carbocycles. The minimum Gasteiger partial charge on any atom is -0.468 e. The van der Waals surface area contributed by atoms with Gasteiger partial charge in [-0.05, 0) is 43.7 Å². The van der Waals surface area contributed by atoms with Crippen LogP contribution in [0.3, 0.4) is 0 Å². The Hall–Kier alpha value is -0.840. The summed E-state index contributed by atoms with van der Waals surface area (Å²) in [4.78, 5) is 2.46. The van der Waals surface area contributed by atoms with Gasteiger partial charge in [-0.15, -0.1) is 0 Å². The number of hydrogen-bond donors (Lipinski definition) is 0. The van der Waals surface area contributed by atoms with Crippen molar-refractivity contribution in [3.8, 4) is 0 Å². The number of furan rings is 1. The van der Waals surface area contributed by atoms with Gasteiger partial charge in [-0.25, -0.2) is 0 Å². The highest BCUT2D eigenvalue weighted by molar-refractivity contribution is 5.00. The summed E-state index contributed by atoms with van der Waals surface area (Å²) in [7, 11) is 0. The van der Waals surface area contributed by atoms with E-state index >= 15 is 0 Å². The number of hydrogen-bond acceptors (Lipinski definition) is 4. The molecule has 1 aliphatic carbocycles. The second kappa shape index (κ2) is 5.75. The molecule has 1 saturated carbocycles. The summed E-state index contributed by atoms with van der Waals surface area (Å²) in [5.74, 6) is 1.90. The molecule has 116 valence electrons. The van der Waals surface area contributed by atoms with Crippen LogP contribution in [0.25, 0.3) is 0 Å². The summed E-state index contributed by atoms with van der Waals surface area (Å²) in [5, 5.41) is 0. The van der Waals surface area contributed by atoms with E-state index in [4.69, 9.17) is 13.9 Å². The number of likely N-dealkylation sites (tertiary alicyclic amines) is 1. The van der Waals surface area contributed by atoms with Gasteiger partial charge in [0.15, 0.2) is 0 Å². The first-order valence-corrected chi connectivity index (χ1v) is 8.32. The first kappa shape index (κ1) is 13.8. The van der Waals surface area contributed by atoms with Gasteiger partial charge in [0.05, 0.1) is 31.1 Å². The van der Waals surface area contributed by atoms with Crippen molar-refractivity contribution in [2.45, 2.75) is 50.4 Å². The first-order valence-electron chi connectivity index (χ1n) is 8.32. The van der Waals surface area contributed by atoms with Crippen LogP contribution >= 0.6 is 0 Å². The van der Waals surface area contributed by atoms with Crippen LogP contribution in [0.1, 0.15) is 37.9 Å². The third-order valence-corrected chi connectivity index (χ3v) is 5.17. The lowest BCUT2D eigenvalue weighted by molar-refractivity contribution is -0.0474. The van der Waals surface area contributed by atoms with Gasteiger partial charge >= 0.3 is 0 Å². The molecule has 0 radical (unpaired) electrons. The fourth-order valence-electron chi connectivity index (χ4n) is 3.56. The van der Waals surface area contributed by atoms with E-state index in [9.17, 15) is 0 Å². The zero-order chi connectivity index (χ0) is 14.1. The van der Waals surface area contributed by atoms with Gasteiger partial charge in [0.25, 0.3) is 0 Å². The SMILES string of the molecule is c1coc(CN2CCC3(CC2)C[C@@H](OCC2CC2)CO3)c1. The number of ether oxygens (including phenoxy) is 2. The van der Waals surface area contributed by atoms with Crippen LogP contribution in [0.4, 0.5) is 0 Å². The number of rotatable bonds is 5. The van der Waals surface area contributed by atoms with Crippen molar-refractivity contribution in [1.82, 2.24) is 4.90 Å². The molecule has 4 nitrogen and oxygen atoms in total. The van der Waals surface area contributed by atoms with Crippen molar-refractivity contribution >= 4 is 0 Å². The van der Waals surface area contributed by atoms with Crippen molar-refractivity contribution in [3.05, 3.63) is 24.2 Å². The van der Waals surface area contributed by atoms with Crippen LogP contribution in [0.15, 0.2) is 22.8 Å². The van der Waals surface area contributed by atoms with Crippen LogP contribution in [-0.4, -0.2) is 42.9 Å². The molecule has 1 aromatic rings. The highest BCUT2D eigenvalue weighted by Crippen LogP contribution is 2.38. The smallest absolute Gasteiger partial charge is 0.117 e. The molecule has 1 spiro atoms. The van der Waals surface area contributed by atoms with E-state index in [1.165, 1.54) is 12.8 Å². The zero-order valence-corrected chi connectivity index (χ0v) is 12.6. The predicted octanol–water partition coefficient (Wildman–Crippen LogP) is 2.83. The summed E-state index contributed by atoms with van der Waals surface area (Å²) < 4.78 is 17.6. The molecule has 4 heteroatoms. The van der Waals surface area contributed by atoms with E-state index in [1.807, 2.05) is 6.07 Å². The van der Waals surface area contributed by atoms with Crippen LogP contribution < -0.4 is 0 Å². The lowest BCUT2D eigenvalue weighted by Crippen LogP contribution is -2.43. The lowest BCUT2D eigenvalue weighted by Gasteiger charge is -2.38. The highest BCUT2D eigenvalue weighted by atomic mass is 16.6. The molecular formula is C17H25NO3. The molecule has 1 atom stereocenters. The van der Waals surface area contributed by atoms with Gasteiger partial charge in [0.2, 0.25) is 0 Å². The molecule has 2 aliphatic heterocycles. The Morgan fingerprint density at radius 2 is 2.14 bits per heavy atom. The second-order valence-corrected chi connectivity index (χ2v) is 6.95. The van der Waals surface area contributed by atoms with Gasteiger partial charge in [-0.1, -0.05) is 0 Å². The first-order chi connectivity index (χ1) is 10.3. The molecule has 1 aromatic heterocycles. The number of nitrogens with zero attached hydrogens (tertiary/aromatic N) is 1. The summed E-state index contributed by atoms with van der Waals surface area (Å²) in [5.41, 5.74) is 0.0912. The summed E-state index contributed by atoms with van der Waals surface area (Å²) >= 11 is 0. The van der Waals surface area contributed by atoms with E-state index in [1.54, 1.807) is 6.26 Å². The summed E-state index contributed by atoms with van der Waals surface area (Å²) in [6.07, 6.45) is 8.15. The van der Waals surface area contributed by atoms with Crippen molar-refractivity contribution in [1.29, 1.82) is 0 Å². The average Bonchev–Trinajstić information content (AvgIpc) is 3.04. The maximum Gasteiger partial charge on any atom is 0.117 e. The monoisotopic (exact) mass is 291 g/mol. The predicted molar refractivity (Wildman–Crippen MR) is 79.0 cm³/mol.